The minimum absolute atomic E-state index is 0.0152. The summed E-state index contributed by atoms with van der Waals surface area (Å²) in [6, 6.07) is 14.1. The van der Waals surface area contributed by atoms with Gasteiger partial charge in [-0.25, -0.2) is 4.79 Å². The van der Waals surface area contributed by atoms with Crippen molar-refractivity contribution in [1.82, 2.24) is 9.80 Å². The number of rotatable bonds is 4. The Hall–Kier alpha value is -2.73. The molecule has 27 heavy (non-hydrogen) atoms. The van der Waals surface area contributed by atoms with Gasteiger partial charge in [0.25, 0.3) is 0 Å². The highest BCUT2D eigenvalue weighted by Crippen LogP contribution is 2.32. The molecular weight excluding hydrogens is 342 g/mol. The van der Waals surface area contributed by atoms with Crippen molar-refractivity contribution in [3.05, 3.63) is 53.6 Å². The summed E-state index contributed by atoms with van der Waals surface area (Å²) in [5.41, 5.74) is 3.27. The van der Waals surface area contributed by atoms with Crippen LogP contribution in [0.2, 0.25) is 0 Å². The first-order valence-corrected chi connectivity index (χ1v) is 9.47. The third kappa shape index (κ3) is 4.01. The van der Waals surface area contributed by atoms with Crippen molar-refractivity contribution in [3.8, 4) is 11.5 Å². The molecule has 0 spiro atoms. The number of ether oxygens (including phenoxy) is 2. The lowest BCUT2D eigenvalue weighted by Crippen LogP contribution is -2.49. The number of para-hydroxylation sites is 1. The number of fused-ring (bicyclic) bond motifs is 1. The van der Waals surface area contributed by atoms with Gasteiger partial charge in [-0.15, -0.1) is 0 Å². The largest absolute Gasteiger partial charge is 0.454 e. The first-order valence-electron chi connectivity index (χ1n) is 9.47. The molecule has 0 aromatic heterocycles. The molecule has 1 saturated heterocycles. The molecule has 0 aliphatic carbocycles. The van der Waals surface area contributed by atoms with Crippen LogP contribution in [-0.2, 0) is 13.0 Å². The van der Waals surface area contributed by atoms with Crippen LogP contribution in [0.15, 0.2) is 42.5 Å². The summed E-state index contributed by atoms with van der Waals surface area (Å²) in [5.74, 6) is 1.63. The maximum Gasteiger partial charge on any atom is 0.321 e. The Morgan fingerprint density at radius 1 is 1.04 bits per heavy atom. The number of piperazine rings is 1. The number of nitrogens with zero attached hydrogens (tertiary/aromatic N) is 2. The smallest absolute Gasteiger partial charge is 0.321 e. The van der Waals surface area contributed by atoms with E-state index in [0.717, 1.165) is 61.9 Å². The first kappa shape index (κ1) is 17.7. The Morgan fingerprint density at radius 3 is 2.63 bits per heavy atom. The molecule has 0 saturated carbocycles. The van der Waals surface area contributed by atoms with Gasteiger partial charge >= 0.3 is 6.03 Å². The molecule has 2 heterocycles. The Kier molecular flexibility index (Phi) is 5.16. The normalized spacial score (nSPS) is 16.4. The van der Waals surface area contributed by atoms with Crippen molar-refractivity contribution < 1.29 is 14.3 Å². The number of aryl methyl sites for hydroxylation is 1. The van der Waals surface area contributed by atoms with Crippen LogP contribution >= 0.6 is 0 Å². The Balaban J connectivity index is 1.30. The summed E-state index contributed by atoms with van der Waals surface area (Å²) < 4.78 is 10.8. The number of carbonyl (C=O) groups excluding carboxylic acids is 1. The van der Waals surface area contributed by atoms with Crippen LogP contribution in [0.4, 0.5) is 10.5 Å². The molecule has 2 aromatic carbocycles. The molecule has 142 valence electrons. The summed E-state index contributed by atoms with van der Waals surface area (Å²) in [5, 5.41) is 3.06. The van der Waals surface area contributed by atoms with E-state index in [-0.39, 0.29) is 6.03 Å². The third-order valence-corrected chi connectivity index (χ3v) is 5.14. The molecule has 6 nitrogen and oxygen atoms in total. The lowest BCUT2D eigenvalue weighted by atomic mass is 10.1. The molecule has 0 radical (unpaired) electrons. The van der Waals surface area contributed by atoms with Crippen molar-refractivity contribution >= 4 is 11.7 Å². The molecule has 0 bridgehead atoms. The molecule has 2 aliphatic rings. The number of anilines is 1. The van der Waals surface area contributed by atoms with Gasteiger partial charge in [0.2, 0.25) is 6.79 Å². The van der Waals surface area contributed by atoms with E-state index in [9.17, 15) is 4.79 Å². The predicted molar refractivity (Wildman–Crippen MR) is 104 cm³/mol. The fraction of sp³-hybridized carbons (Fsp3) is 0.381. The second-order valence-corrected chi connectivity index (χ2v) is 6.89. The Bertz CT molecular complexity index is 816. The maximum atomic E-state index is 12.6. The standard InChI is InChI=1S/C21H25N3O3/c1-2-17-5-3-4-6-18(17)22-21(25)24-11-9-23(10-12-24)14-16-7-8-19-20(13-16)27-15-26-19/h3-8,13H,2,9-12,14-15H2,1H3,(H,22,25). The molecule has 1 fully saturated rings. The number of hydrogen-bond acceptors (Lipinski definition) is 4. The fourth-order valence-electron chi connectivity index (χ4n) is 3.55. The Morgan fingerprint density at radius 2 is 1.81 bits per heavy atom. The Labute approximate surface area is 159 Å². The van der Waals surface area contributed by atoms with Crippen molar-refractivity contribution in [1.29, 1.82) is 0 Å². The minimum atomic E-state index is -0.0152. The van der Waals surface area contributed by atoms with Gasteiger partial charge in [0, 0.05) is 38.4 Å². The van der Waals surface area contributed by atoms with Gasteiger partial charge in [-0.1, -0.05) is 31.2 Å². The maximum absolute atomic E-state index is 12.6. The van der Waals surface area contributed by atoms with Crippen molar-refractivity contribution in [2.75, 3.05) is 38.3 Å². The highest BCUT2D eigenvalue weighted by atomic mass is 16.7. The predicted octanol–water partition coefficient (Wildman–Crippen LogP) is 3.33. The van der Waals surface area contributed by atoms with E-state index in [4.69, 9.17) is 9.47 Å². The summed E-state index contributed by atoms with van der Waals surface area (Å²) in [4.78, 5) is 16.8. The van der Waals surface area contributed by atoms with Gasteiger partial charge in [0.05, 0.1) is 0 Å². The van der Waals surface area contributed by atoms with Gasteiger partial charge in [-0.3, -0.25) is 4.90 Å². The minimum Gasteiger partial charge on any atom is -0.454 e. The first-order chi connectivity index (χ1) is 13.2. The topological polar surface area (TPSA) is 54.0 Å². The molecule has 0 atom stereocenters. The van der Waals surface area contributed by atoms with Crippen molar-refractivity contribution in [2.45, 2.75) is 19.9 Å². The van der Waals surface area contributed by atoms with Gasteiger partial charge < -0.3 is 19.7 Å². The summed E-state index contributed by atoms with van der Waals surface area (Å²) in [6.45, 7) is 6.42. The number of hydrogen-bond donors (Lipinski definition) is 1. The second-order valence-electron chi connectivity index (χ2n) is 6.89. The van der Waals surface area contributed by atoms with Crippen molar-refractivity contribution in [3.63, 3.8) is 0 Å². The van der Waals surface area contributed by atoms with Crippen LogP contribution in [0, 0.1) is 0 Å². The van der Waals surface area contributed by atoms with E-state index < -0.39 is 0 Å². The molecule has 2 aliphatic heterocycles. The molecule has 0 unspecified atom stereocenters. The molecular formula is C21H25N3O3. The summed E-state index contributed by atoms with van der Waals surface area (Å²) in [6.07, 6.45) is 0.903. The van der Waals surface area contributed by atoms with E-state index in [1.54, 1.807) is 0 Å². The second kappa shape index (κ2) is 7.88. The number of benzene rings is 2. The van der Waals surface area contributed by atoms with Crippen LogP contribution < -0.4 is 14.8 Å². The highest BCUT2D eigenvalue weighted by molar-refractivity contribution is 5.90. The van der Waals surface area contributed by atoms with E-state index in [0.29, 0.717) is 6.79 Å². The molecule has 2 aromatic rings. The van der Waals surface area contributed by atoms with Gasteiger partial charge in [-0.2, -0.15) is 0 Å². The number of urea groups is 1. The monoisotopic (exact) mass is 367 g/mol. The van der Waals surface area contributed by atoms with E-state index >= 15 is 0 Å². The van der Waals surface area contributed by atoms with Gasteiger partial charge in [0.1, 0.15) is 0 Å². The zero-order valence-corrected chi connectivity index (χ0v) is 15.6. The van der Waals surface area contributed by atoms with E-state index in [1.165, 1.54) is 5.56 Å². The number of carbonyl (C=O) groups is 1. The quantitative estimate of drug-likeness (QED) is 0.901. The van der Waals surface area contributed by atoms with Crippen LogP contribution in [0.1, 0.15) is 18.1 Å². The molecule has 6 heteroatoms. The molecule has 1 N–H and O–H groups in total. The number of amides is 2. The van der Waals surface area contributed by atoms with E-state index in [2.05, 4.69) is 29.3 Å². The van der Waals surface area contributed by atoms with Gasteiger partial charge in [-0.05, 0) is 35.7 Å². The molecule has 4 rings (SSSR count). The molecule has 2 amide bonds. The lowest BCUT2D eigenvalue weighted by molar-refractivity contribution is 0.143. The number of nitrogens with one attached hydrogen (secondary N) is 1. The highest BCUT2D eigenvalue weighted by Gasteiger charge is 2.22. The average molecular weight is 367 g/mol. The van der Waals surface area contributed by atoms with Crippen molar-refractivity contribution in [2.24, 2.45) is 0 Å². The zero-order valence-electron chi connectivity index (χ0n) is 15.6. The SMILES string of the molecule is CCc1ccccc1NC(=O)N1CCN(Cc2ccc3c(c2)OCO3)CC1. The van der Waals surface area contributed by atoms with Crippen LogP contribution in [-0.4, -0.2) is 48.8 Å². The fourth-order valence-corrected chi connectivity index (χ4v) is 3.55. The zero-order chi connectivity index (χ0) is 18.6. The van der Waals surface area contributed by atoms with Crippen LogP contribution in [0.25, 0.3) is 0 Å². The van der Waals surface area contributed by atoms with Gasteiger partial charge in [0.15, 0.2) is 11.5 Å². The van der Waals surface area contributed by atoms with Crippen LogP contribution in [0.3, 0.4) is 0 Å². The summed E-state index contributed by atoms with van der Waals surface area (Å²) >= 11 is 0. The average Bonchev–Trinajstić information content (AvgIpc) is 3.17. The van der Waals surface area contributed by atoms with E-state index in [1.807, 2.05) is 35.2 Å². The summed E-state index contributed by atoms with van der Waals surface area (Å²) in [7, 11) is 0. The van der Waals surface area contributed by atoms with Crippen LogP contribution in [0.5, 0.6) is 11.5 Å². The third-order valence-electron chi connectivity index (χ3n) is 5.14. The lowest BCUT2D eigenvalue weighted by Gasteiger charge is -2.34.